The van der Waals surface area contributed by atoms with Crippen LogP contribution in [0.5, 0.6) is 0 Å². The van der Waals surface area contributed by atoms with E-state index in [4.69, 9.17) is 5.73 Å². The summed E-state index contributed by atoms with van der Waals surface area (Å²) in [4.78, 5) is 5.45. The van der Waals surface area contributed by atoms with E-state index in [1.165, 1.54) is 4.88 Å². The predicted octanol–water partition coefficient (Wildman–Crippen LogP) is 2.37. The van der Waals surface area contributed by atoms with Crippen LogP contribution in [0, 0.1) is 0 Å². The molecule has 0 aromatic carbocycles. The van der Waals surface area contributed by atoms with Crippen molar-refractivity contribution in [3.63, 3.8) is 0 Å². The SMILES string of the molecule is Cn1c(-c2ccc(Br)s2)cnc1CN. The standard InChI is InChI=1S/C9H10BrN3S/c1-13-6(5-12-9(13)4-11)7-2-3-8(10)14-7/h2-3,5H,4,11H2,1H3. The van der Waals surface area contributed by atoms with Gasteiger partial charge in [0.1, 0.15) is 5.82 Å². The Hall–Kier alpha value is -0.650. The highest BCUT2D eigenvalue weighted by molar-refractivity contribution is 9.11. The second-order valence-electron chi connectivity index (χ2n) is 2.93. The summed E-state index contributed by atoms with van der Waals surface area (Å²) in [7, 11) is 1.98. The van der Waals surface area contributed by atoms with E-state index in [-0.39, 0.29) is 0 Å². The lowest BCUT2D eigenvalue weighted by molar-refractivity contribution is 0.800. The third-order valence-corrected chi connectivity index (χ3v) is 3.74. The molecule has 0 bridgehead atoms. The number of rotatable bonds is 2. The zero-order chi connectivity index (χ0) is 10.1. The minimum Gasteiger partial charge on any atom is -0.329 e. The molecule has 2 heterocycles. The second kappa shape index (κ2) is 3.84. The van der Waals surface area contributed by atoms with Crippen LogP contribution in [0.4, 0.5) is 0 Å². The fourth-order valence-corrected chi connectivity index (χ4v) is 2.75. The molecule has 2 aromatic heterocycles. The lowest BCUT2D eigenvalue weighted by atomic mass is 10.4. The van der Waals surface area contributed by atoms with Gasteiger partial charge in [0.15, 0.2) is 0 Å². The molecule has 2 N–H and O–H groups in total. The molecule has 2 rings (SSSR count). The number of nitrogens with two attached hydrogens (primary N) is 1. The van der Waals surface area contributed by atoms with Crippen LogP contribution in [0.3, 0.4) is 0 Å². The number of thiophene rings is 1. The number of imidazole rings is 1. The van der Waals surface area contributed by atoms with Crippen molar-refractivity contribution in [2.45, 2.75) is 6.54 Å². The van der Waals surface area contributed by atoms with E-state index in [2.05, 4.69) is 27.0 Å². The van der Waals surface area contributed by atoms with Gasteiger partial charge in [-0.25, -0.2) is 4.98 Å². The Balaban J connectivity index is 2.46. The molecule has 0 atom stereocenters. The fourth-order valence-electron chi connectivity index (χ4n) is 1.32. The molecule has 5 heteroatoms. The molecule has 74 valence electrons. The van der Waals surface area contributed by atoms with Gasteiger partial charge in [-0.3, -0.25) is 0 Å². The molecular weight excluding hydrogens is 262 g/mol. The summed E-state index contributed by atoms with van der Waals surface area (Å²) in [6.07, 6.45) is 1.86. The smallest absolute Gasteiger partial charge is 0.122 e. The van der Waals surface area contributed by atoms with Crippen molar-refractivity contribution in [3.8, 4) is 10.6 Å². The van der Waals surface area contributed by atoms with Crippen LogP contribution >= 0.6 is 27.3 Å². The van der Waals surface area contributed by atoms with Gasteiger partial charge in [-0.1, -0.05) is 0 Å². The Morgan fingerprint density at radius 2 is 2.36 bits per heavy atom. The van der Waals surface area contributed by atoms with Crippen LogP contribution in [0.2, 0.25) is 0 Å². The van der Waals surface area contributed by atoms with E-state index in [0.717, 1.165) is 15.3 Å². The van der Waals surface area contributed by atoms with Gasteiger partial charge in [0, 0.05) is 7.05 Å². The Labute approximate surface area is 94.7 Å². The zero-order valence-electron chi connectivity index (χ0n) is 7.70. The number of aromatic nitrogens is 2. The van der Waals surface area contributed by atoms with E-state index in [9.17, 15) is 0 Å². The predicted molar refractivity (Wildman–Crippen MR) is 62.1 cm³/mol. The molecular formula is C9H10BrN3S. The molecule has 0 spiro atoms. The number of nitrogens with zero attached hydrogens (tertiary/aromatic N) is 2. The Bertz CT molecular complexity index is 447. The maximum absolute atomic E-state index is 5.56. The summed E-state index contributed by atoms with van der Waals surface area (Å²) in [6, 6.07) is 4.11. The van der Waals surface area contributed by atoms with Gasteiger partial charge in [-0.2, -0.15) is 0 Å². The first-order valence-corrected chi connectivity index (χ1v) is 5.79. The van der Waals surface area contributed by atoms with Crippen LogP contribution < -0.4 is 5.73 Å². The minimum atomic E-state index is 0.475. The zero-order valence-corrected chi connectivity index (χ0v) is 10.1. The summed E-state index contributed by atoms with van der Waals surface area (Å²) in [5.41, 5.74) is 6.67. The quantitative estimate of drug-likeness (QED) is 0.912. The molecule has 0 saturated heterocycles. The molecule has 0 aliphatic carbocycles. The fraction of sp³-hybridized carbons (Fsp3) is 0.222. The summed E-state index contributed by atoms with van der Waals surface area (Å²) >= 11 is 5.14. The van der Waals surface area contributed by atoms with E-state index in [1.807, 2.05) is 23.9 Å². The maximum atomic E-state index is 5.56. The first-order valence-electron chi connectivity index (χ1n) is 4.18. The molecule has 0 aliphatic heterocycles. The van der Waals surface area contributed by atoms with Gasteiger partial charge < -0.3 is 10.3 Å². The van der Waals surface area contributed by atoms with Gasteiger partial charge in [-0.15, -0.1) is 11.3 Å². The van der Waals surface area contributed by atoms with Gasteiger partial charge in [-0.05, 0) is 28.1 Å². The van der Waals surface area contributed by atoms with Crippen molar-refractivity contribution in [1.82, 2.24) is 9.55 Å². The van der Waals surface area contributed by atoms with Crippen molar-refractivity contribution in [2.75, 3.05) is 0 Å². The third kappa shape index (κ3) is 1.63. The van der Waals surface area contributed by atoms with Crippen LogP contribution in [-0.4, -0.2) is 9.55 Å². The van der Waals surface area contributed by atoms with Gasteiger partial charge in [0.2, 0.25) is 0 Å². The third-order valence-electron chi connectivity index (χ3n) is 2.09. The average molecular weight is 272 g/mol. The van der Waals surface area contributed by atoms with Crippen molar-refractivity contribution in [3.05, 3.63) is 27.9 Å². The van der Waals surface area contributed by atoms with Crippen LogP contribution in [-0.2, 0) is 13.6 Å². The largest absolute Gasteiger partial charge is 0.329 e. The lowest BCUT2D eigenvalue weighted by Crippen LogP contribution is -2.05. The Morgan fingerprint density at radius 3 is 2.86 bits per heavy atom. The molecule has 0 radical (unpaired) electrons. The van der Waals surface area contributed by atoms with Crippen molar-refractivity contribution < 1.29 is 0 Å². The number of hydrogen-bond acceptors (Lipinski definition) is 3. The van der Waals surface area contributed by atoms with Crippen LogP contribution in [0.1, 0.15) is 5.82 Å². The molecule has 0 aliphatic rings. The highest BCUT2D eigenvalue weighted by Crippen LogP contribution is 2.31. The molecule has 0 saturated carbocycles. The van der Waals surface area contributed by atoms with E-state index in [0.29, 0.717) is 6.54 Å². The van der Waals surface area contributed by atoms with Gasteiger partial charge in [0.25, 0.3) is 0 Å². The van der Waals surface area contributed by atoms with E-state index >= 15 is 0 Å². The lowest BCUT2D eigenvalue weighted by Gasteiger charge is -2.01. The highest BCUT2D eigenvalue weighted by atomic mass is 79.9. The average Bonchev–Trinajstić information content (AvgIpc) is 2.72. The van der Waals surface area contributed by atoms with Crippen molar-refractivity contribution >= 4 is 27.3 Å². The normalized spacial score (nSPS) is 10.8. The van der Waals surface area contributed by atoms with Gasteiger partial charge >= 0.3 is 0 Å². The second-order valence-corrected chi connectivity index (χ2v) is 5.39. The molecule has 3 nitrogen and oxygen atoms in total. The van der Waals surface area contributed by atoms with Crippen molar-refractivity contribution in [1.29, 1.82) is 0 Å². The first-order chi connectivity index (χ1) is 6.72. The molecule has 0 amide bonds. The maximum Gasteiger partial charge on any atom is 0.122 e. The Morgan fingerprint density at radius 1 is 1.57 bits per heavy atom. The summed E-state index contributed by atoms with van der Waals surface area (Å²) < 4.78 is 3.15. The highest BCUT2D eigenvalue weighted by Gasteiger charge is 2.08. The van der Waals surface area contributed by atoms with E-state index < -0.39 is 0 Å². The molecule has 2 aromatic rings. The van der Waals surface area contributed by atoms with Gasteiger partial charge in [0.05, 0.1) is 27.1 Å². The Kier molecular flexibility index (Phi) is 2.71. The topological polar surface area (TPSA) is 43.8 Å². The summed E-state index contributed by atoms with van der Waals surface area (Å²) in [5.74, 6) is 0.907. The van der Waals surface area contributed by atoms with Crippen LogP contribution in [0.25, 0.3) is 10.6 Å². The van der Waals surface area contributed by atoms with Crippen LogP contribution in [0.15, 0.2) is 22.1 Å². The number of halogens is 1. The summed E-state index contributed by atoms with van der Waals surface area (Å²) in [6.45, 7) is 0.475. The molecule has 14 heavy (non-hydrogen) atoms. The minimum absolute atomic E-state index is 0.475. The number of hydrogen-bond donors (Lipinski definition) is 1. The monoisotopic (exact) mass is 271 g/mol. The van der Waals surface area contributed by atoms with Crippen molar-refractivity contribution in [2.24, 2.45) is 12.8 Å². The molecule has 0 fully saturated rings. The summed E-state index contributed by atoms with van der Waals surface area (Å²) in [5, 5.41) is 0. The first kappa shape index (κ1) is 9.89. The van der Waals surface area contributed by atoms with E-state index in [1.54, 1.807) is 11.3 Å². The molecule has 0 unspecified atom stereocenters.